The molecule has 0 aliphatic rings. The van der Waals surface area contributed by atoms with Gasteiger partial charge in [0.1, 0.15) is 11.3 Å². The van der Waals surface area contributed by atoms with E-state index in [1.807, 2.05) is 5.32 Å². The number of anilines is 1. The summed E-state index contributed by atoms with van der Waals surface area (Å²) in [6.45, 7) is 2.79. The zero-order valence-electron chi connectivity index (χ0n) is 12.2. The molecule has 0 saturated heterocycles. The molecule has 0 aliphatic heterocycles. The average molecular weight is 327 g/mol. The molecule has 122 valence electrons. The Labute approximate surface area is 129 Å². The van der Waals surface area contributed by atoms with Crippen LogP contribution in [-0.4, -0.2) is 18.0 Å². The third-order valence-electron chi connectivity index (χ3n) is 3.02. The number of carbonyl (C=O) groups is 2. The molecule has 0 bridgehead atoms. The van der Waals surface area contributed by atoms with E-state index >= 15 is 0 Å². The second kappa shape index (κ2) is 6.55. The number of nitrogens with one attached hydrogen (secondary N) is 1. The van der Waals surface area contributed by atoms with E-state index in [4.69, 9.17) is 9.15 Å². The molecule has 8 heteroatoms. The fourth-order valence-corrected chi connectivity index (χ4v) is 1.73. The number of hydrogen-bond donors (Lipinski definition) is 1. The van der Waals surface area contributed by atoms with E-state index in [1.165, 1.54) is 26.2 Å². The van der Waals surface area contributed by atoms with Gasteiger partial charge in [0.15, 0.2) is 23.6 Å². The molecule has 1 N–H and O–H groups in total. The summed E-state index contributed by atoms with van der Waals surface area (Å²) >= 11 is 0. The van der Waals surface area contributed by atoms with Crippen molar-refractivity contribution in [3.8, 4) is 0 Å². The van der Waals surface area contributed by atoms with Crippen LogP contribution in [0.15, 0.2) is 28.9 Å². The predicted octanol–water partition coefficient (Wildman–Crippen LogP) is 3.19. The molecule has 23 heavy (non-hydrogen) atoms. The minimum atomic E-state index is -1.71. The Bertz CT molecular complexity index is 757. The number of halogens is 3. The first-order valence-corrected chi connectivity index (χ1v) is 6.50. The molecule has 0 radical (unpaired) electrons. The fourth-order valence-electron chi connectivity index (χ4n) is 1.73. The van der Waals surface area contributed by atoms with Gasteiger partial charge in [-0.15, -0.1) is 0 Å². The van der Waals surface area contributed by atoms with Crippen molar-refractivity contribution in [3.05, 3.63) is 53.2 Å². The summed E-state index contributed by atoms with van der Waals surface area (Å²) in [6, 6.07) is 2.90. The quantitative estimate of drug-likeness (QED) is 0.692. The molecule has 0 fully saturated rings. The number of esters is 1. The third kappa shape index (κ3) is 3.53. The summed E-state index contributed by atoms with van der Waals surface area (Å²) in [5.41, 5.74) is -0.417. The smallest absolute Gasteiger partial charge is 0.342 e. The van der Waals surface area contributed by atoms with Crippen LogP contribution in [0.5, 0.6) is 0 Å². The van der Waals surface area contributed by atoms with Crippen molar-refractivity contribution in [1.29, 1.82) is 0 Å². The molecule has 5 nitrogen and oxygen atoms in total. The van der Waals surface area contributed by atoms with Crippen molar-refractivity contribution in [3.63, 3.8) is 0 Å². The monoisotopic (exact) mass is 327 g/mol. The van der Waals surface area contributed by atoms with Gasteiger partial charge in [-0.1, -0.05) is 0 Å². The molecule has 2 rings (SSSR count). The number of ether oxygens (including phenoxy) is 1. The molecule has 1 aromatic heterocycles. The predicted molar refractivity (Wildman–Crippen MR) is 73.3 cm³/mol. The second-order valence-corrected chi connectivity index (χ2v) is 4.65. The van der Waals surface area contributed by atoms with Gasteiger partial charge in [0.25, 0.3) is 5.91 Å². The maximum absolute atomic E-state index is 13.5. The highest BCUT2D eigenvalue weighted by molar-refractivity contribution is 5.97. The maximum Gasteiger partial charge on any atom is 0.342 e. The van der Waals surface area contributed by atoms with Crippen molar-refractivity contribution in [2.45, 2.75) is 20.0 Å². The highest BCUT2D eigenvalue weighted by Crippen LogP contribution is 2.20. The number of furan rings is 1. The van der Waals surface area contributed by atoms with E-state index in [9.17, 15) is 22.8 Å². The lowest BCUT2D eigenvalue weighted by Crippen LogP contribution is -2.30. The van der Waals surface area contributed by atoms with E-state index in [1.54, 1.807) is 0 Å². The van der Waals surface area contributed by atoms with Gasteiger partial charge in [-0.05, 0) is 32.0 Å². The van der Waals surface area contributed by atoms with Gasteiger partial charge in [-0.3, -0.25) is 4.79 Å². The van der Waals surface area contributed by atoms with Crippen LogP contribution >= 0.6 is 0 Å². The highest BCUT2D eigenvalue weighted by atomic mass is 19.2. The van der Waals surface area contributed by atoms with E-state index in [0.717, 1.165) is 6.07 Å². The summed E-state index contributed by atoms with van der Waals surface area (Å²) in [5, 5.41) is 2.02. The molecule has 0 aliphatic carbocycles. The Morgan fingerprint density at radius 3 is 2.48 bits per heavy atom. The summed E-state index contributed by atoms with van der Waals surface area (Å²) in [5.74, 6) is -6.01. The van der Waals surface area contributed by atoms with Crippen LogP contribution in [0.1, 0.15) is 23.0 Å². The molecule has 1 amide bonds. The summed E-state index contributed by atoms with van der Waals surface area (Å²) < 4.78 is 49.2. The molecule has 0 spiro atoms. The van der Waals surface area contributed by atoms with Crippen LogP contribution in [0.25, 0.3) is 0 Å². The lowest BCUT2D eigenvalue weighted by Gasteiger charge is -2.14. The van der Waals surface area contributed by atoms with Gasteiger partial charge >= 0.3 is 5.97 Å². The zero-order chi connectivity index (χ0) is 17.1. The van der Waals surface area contributed by atoms with E-state index in [-0.39, 0.29) is 5.56 Å². The van der Waals surface area contributed by atoms with E-state index in [0.29, 0.717) is 11.8 Å². The van der Waals surface area contributed by atoms with Crippen LogP contribution in [0.2, 0.25) is 0 Å². The van der Waals surface area contributed by atoms with Gasteiger partial charge in [-0.25, -0.2) is 18.0 Å². The van der Waals surface area contributed by atoms with E-state index < -0.39 is 41.1 Å². The van der Waals surface area contributed by atoms with Gasteiger partial charge in [-0.2, -0.15) is 0 Å². The number of aryl methyl sites for hydroxylation is 1. The Hall–Kier alpha value is -2.77. The van der Waals surface area contributed by atoms with Gasteiger partial charge < -0.3 is 14.5 Å². The summed E-state index contributed by atoms with van der Waals surface area (Å²) in [6.07, 6.45) is -0.00262. The van der Waals surface area contributed by atoms with Crippen LogP contribution in [-0.2, 0) is 9.53 Å². The summed E-state index contributed by atoms with van der Waals surface area (Å²) in [4.78, 5) is 23.7. The first-order chi connectivity index (χ1) is 10.8. The van der Waals surface area contributed by atoms with Crippen LogP contribution in [0.4, 0.5) is 18.9 Å². The number of hydrogen-bond acceptors (Lipinski definition) is 4. The molecule has 1 atom stereocenters. The number of carbonyl (C=O) groups excluding carboxylic acids is 2. The van der Waals surface area contributed by atoms with Gasteiger partial charge in [0.2, 0.25) is 0 Å². The van der Waals surface area contributed by atoms with Crippen molar-refractivity contribution in [1.82, 2.24) is 0 Å². The maximum atomic E-state index is 13.5. The van der Waals surface area contributed by atoms with E-state index in [2.05, 4.69) is 0 Å². The Kier molecular flexibility index (Phi) is 4.73. The van der Waals surface area contributed by atoms with Crippen molar-refractivity contribution in [2.75, 3.05) is 5.32 Å². The molecule has 1 heterocycles. The first-order valence-electron chi connectivity index (χ1n) is 6.50. The standard InChI is InChI=1S/C15H12F3NO4/c1-7-9(5-6-22-7)15(21)23-8(2)14(20)19-11-4-3-10(16)12(17)13(11)18/h3-6,8H,1-2H3,(H,19,20)/t8-/m0/s1. The SMILES string of the molecule is Cc1occc1C(=O)O[C@@H](C)C(=O)Nc1ccc(F)c(F)c1F. The third-order valence-corrected chi connectivity index (χ3v) is 3.02. The molecule has 0 saturated carbocycles. The number of amides is 1. The first kappa shape index (κ1) is 16.6. The average Bonchev–Trinajstić information content (AvgIpc) is 2.93. The van der Waals surface area contributed by atoms with Crippen molar-refractivity contribution < 1.29 is 31.9 Å². The minimum absolute atomic E-state index is 0.142. The second-order valence-electron chi connectivity index (χ2n) is 4.65. The highest BCUT2D eigenvalue weighted by Gasteiger charge is 2.23. The van der Waals surface area contributed by atoms with Gasteiger partial charge in [0.05, 0.1) is 12.0 Å². The molecular weight excluding hydrogens is 315 g/mol. The topological polar surface area (TPSA) is 68.5 Å². The van der Waals surface area contributed by atoms with Crippen LogP contribution < -0.4 is 5.32 Å². The normalized spacial score (nSPS) is 11.9. The summed E-state index contributed by atoms with van der Waals surface area (Å²) in [7, 11) is 0. The van der Waals surface area contributed by atoms with Gasteiger partial charge in [0, 0.05) is 0 Å². The molecule has 1 aromatic carbocycles. The van der Waals surface area contributed by atoms with Crippen LogP contribution in [0.3, 0.4) is 0 Å². The fraction of sp³-hybridized carbons (Fsp3) is 0.200. The Morgan fingerprint density at radius 2 is 1.87 bits per heavy atom. The lowest BCUT2D eigenvalue weighted by atomic mass is 10.2. The van der Waals surface area contributed by atoms with Crippen molar-refractivity contribution >= 4 is 17.6 Å². The zero-order valence-corrected chi connectivity index (χ0v) is 12.2. The number of rotatable bonds is 4. The molecule has 2 aromatic rings. The lowest BCUT2D eigenvalue weighted by molar-refractivity contribution is -0.123. The van der Waals surface area contributed by atoms with Crippen molar-refractivity contribution in [2.24, 2.45) is 0 Å². The Balaban J connectivity index is 2.05. The molecule has 0 unspecified atom stereocenters. The minimum Gasteiger partial charge on any atom is -0.469 e. The molecular formula is C15H12F3NO4. The largest absolute Gasteiger partial charge is 0.469 e. The van der Waals surface area contributed by atoms with Crippen LogP contribution in [0, 0.1) is 24.4 Å². The Morgan fingerprint density at radius 1 is 1.17 bits per heavy atom. The number of benzene rings is 1.